The van der Waals surface area contributed by atoms with E-state index >= 15 is 0 Å². The highest BCUT2D eigenvalue weighted by Gasteiger charge is 2.36. The molecule has 2 aliphatic heterocycles. The number of anilines is 1. The first-order valence-electron chi connectivity index (χ1n) is 11.0. The number of hydrogen-bond acceptors (Lipinski definition) is 5. The van der Waals surface area contributed by atoms with Crippen LogP contribution in [-0.2, 0) is 26.0 Å². The van der Waals surface area contributed by atoms with Crippen LogP contribution in [0.4, 0.5) is 5.69 Å². The summed E-state index contributed by atoms with van der Waals surface area (Å²) in [5.74, 6) is -0.907. The molecule has 0 bridgehead atoms. The first-order chi connectivity index (χ1) is 15.3. The largest absolute Gasteiger partial charge is 0.466 e. The van der Waals surface area contributed by atoms with Crippen molar-refractivity contribution in [3.8, 4) is 0 Å². The maximum absolute atomic E-state index is 13.5. The number of nitrogens with zero attached hydrogens (tertiary/aromatic N) is 2. The molecule has 170 valence electrons. The summed E-state index contributed by atoms with van der Waals surface area (Å²) in [5.41, 5.74) is 1.98. The van der Waals surface area contributed by atoms with Gasteiger partial charge in [0.2, 0.25) is 0 Å². The van der Waals surface area contributed by atoms with Gasteiger partial charge in [0.1, 0.15) is 0 Å². The summed E-state index contributed by atoms with van der Waals surface area (Å²) in [5, 5.41) is 0. The number of carbonyl (C=O) groups is 2. The highest BCUT2D eigenvalue weighted by atomic mass is 32.2. The Balaban J connectivity index is 1.58. The molecule has 8 heteroatoms. The molecule has 0 unspecified atom stereocenters. The van der Waals surface area contributed by atoms with E-state index in [2.05, 4.69) is 0 Å². The predicted octanol–water partition coefficient (Wildman–Crippen LogP) is 3.24. The van der Waals surface area contributed by atoms with Crippen LogP contribution in [0.3, 0.4) is 0 Å². The number of piperidine rings is 1. The van der Waals surface area contributed by atoms with Gasteiger partial charge in [-0.2, -0.15) is 0 Å². The molecular formula is C24H28N2O5S. The van der Waals surface area contributed by atoms with E-state index in [1.807, 2.05) is 31.2 Å². The van der Waals surface area contributed by atoms with Crippen LogP contribution in [-0.4, -0.2) is 50.9 Å². The van der Waals surface area contributed by atoms with Crippen LogP contribution in [0.5, 0.6) is 0 Å². The van der Waals surface area contributed by atoms with Gasteiger partial charge in [0.15, 0.2) is 0 Å². The molecule has 0 radical (unpaired) electrons. The summed E-state index contributed by atoms with van der Waals surface area (Å²) in [7, 11) is -3.83. The summed E-state index contributed by atoms with van der Waals surface area (Å²) in [6, 6.07) is 13.5. The average molecular weight is 457 g/mol. The van der Waals surface area contributed by atoms with E-state index in [1.54, 1.807) is 24.0 Å². The van der Waals surface area contributed by atoms with Crippen LogP contribution in [0.25, 0.3) is 0 Å². The predicted molar refractivity (Wildman–Crippen MR) is 121 cm³/mol. The Kier molecular flexibility index (Phi) is 6.24. The highest BCUT2D eigenvalue weighted by Crippen LogP contribution is 2.36. The zero-order valence-corrected chi connectivity index (χ0v) is 19.2. The molecule has 2 aromatic carbocycles. The SMILES string of the molecule is CCOC(=O)[C@H]1CCCN(C(=O)c2cccc(S(=O)(=O)N3c4ccccc4C[C@@H]3C)c2)C1. The van der Waals surface area contributed by atoms with Gasteiger partial charge in [0.05, 0.1) is 23.1 Å². The lowest BCUT2D eigenvalue weighted by Gasteiger charge is -2.31. The Bertz CT molecular complexity index is 1130. The Morgan fingerprint density at radius 3 is 2.69 bits per heavy atom. The van der Waals surface area contributed by atoms with Gasteiger partial charge >= 0.3 is 5.97 Å². The van der Waals surface area contributed by atoms with E-state index in [-0.39, 0.29) is 35.3 Å². The highest BCUT2D eigenvalue weighted by molar-refractivity contribution is 7.92. The van der Waals surface area contributed by atoms with Crippen molar-refractivity contribution in [3.63, 3.8) is 0 Å². The number of rotatable bonds is 5. The number of esters is 1. The Morgan fingerprint density at radius 1 is 1.12 bits per heavy atom. The third-order valence-corrected chi connectivity index (χ3v) is 8.04. The van der Waals surface area contributed by atoms with Gasteiger partial charge < -0.3 is 9.64 Å². The quantitative estimate of drug-likeness (QED) is 0.645. The number of sulfonamides is 1. The number of likely N-dealkylation sites (tertiary alicyclic amines) is 1. The lowest BCUT2D eigenvalue weighted by atomic mass is 9.97. The van der Waals surface area contributed by atoms with Crippen molar-refractivity contribution < 1.29 is 22.7 Å². The molecule has 2 atom stereocenters. The van der Waals surface area contributed by atoms with Gasteiger partial charge in [0, 0.05) is 24.7 Å². The normalized spacial score (nSPS) is 20.7. The van der Waals surface area contributed by atoms with Gasteiger partial charge in [-0.15, -0.1) is 0 Å². The molecule has 0 saturated carbocycles. The van der Waals surface area contributed by atoms with E-state index in [0.29, 0.717) is 43.7 Å². The summed E-state index contributed by atoms with van der Waals surface area (Å²) in [6.45, 7) is 4.76. The number of benzene rings is 2. The lowest BCUT2D eigenvalue weighted by molar-refractivity contribution is -0.149. The van der Waals surface area contributed by atoms with E-state index in [1.165, 1.54) is 16.4 Å². The molecule has 0 spiro atoms. The third kappa shape index (κ3) is 4.11. The van der Waals surface area contributed by atoms with Gasteiger partial charge in [-0.3, -0.25) is 13.9 Å². The fourth-order valence-corrected chi connectivity index (χ4v) is 6.34. The maximum Gasteiger partial charge on any atom is 0.310 e. The summed E-state index contributed by atoms with van der Waals surface area (Å²) in [6.07, 6.45) is 2.04. The van der Waals surface area contributed by atoms with Crippen LogP contribution < -0.4 is 4.31 Å². The molecule has 2 aromatic rings. The second-order valence-corrected chi connectivity index (χ2v) is 10.2. The van der Waals surface area contributed by atoms with Gasteiger partial charge in [-0.1, -0.05) is 24.3 Å². The first kappa shape index (κ1) is 22.3. The molecule has 1 amide bonds. The van der Waals surface area contributed by atoms with E-state index in [4.69, 9.17) is 4.74 Å². The van der Waals surface area contributed by atoms with E-state index in [9.17, 15) is 18.0 Å². The van der Waals surface area contributed by atoms with Crippen molar-refractivity contribution in [2.45, 2.75) is 44.0 Å². The van der Waals surface area contributed by atoms with Crippen LogP contribution in [0.1, 0.15) is 42.6 Å². The standard InChI is InChI=1S/C24H28N2O5S/c1-3-31-24(28)20-10-7-13-25(16-20)23(27)19-9-6-11-21(15-19)32(29,30)26-17(2)14-18-8-4-5-12-22(18)26/h4-6,8-9,11-12,15,17,20H,3,7,10,13-14,16H2,1-2H3/t17-,20-/m0/s1. The molecule has 4 rings (SSSR count). The molecule has 32 heavy (non-hydrogen) atoms. The van der Waals surface area contributed by atoms with Crippen LogP contribution in [0, 0.1) is 5.92 Å². The Morgan fingerprint density at radius 2 is 1.91 bits per heavy atom. The average Bonchev–Trinajstić information content (AvgIpc) is 3.15. The topological polar surface area (TPSA) is 84.0 Å². The van der Waals surface area contributed by atoms with Crippen molar-refractivity contribution in [1.29, 1.82) is 0 Å². The minimum Gasteiger partial charge on any atom is -0.466 e. The zero-order chi connectivity index (χ0) is 22.9. The van der Waals surface area contributed by atoms with Gasteiger partial charge in [-0.05, 0) is 62.9 Å². The molecule has 1 fully saturated rings. The Hall–Kier alpha value is -2.87. The smallest absolute Gasteiger partial charge is 0.310 e. The summed E-state index contributed by atoms with van der Waals surface area (Å²) in [4.78, 5) is 27.0. The molecular weight excluding hydrogens is 428 g/mol. The monoisotopic (exact) mass is 456 g/mol. The second kappa shape index (κ2) is 8.94. The van der Waals surface area contributed by atoms with Crippen LogP contribution >= 0.6 is 0 Å². The molecule has 2 heterocycles. The second-order valence-electron chi connectivity index (χ2n) is 8.35. The molecule has 2 aliphatic rings. The van der Waals surface area contributed by atoms with Crippen molar-refractivity contribution in [2.24, 2.45) is 5.92 Å². The van der Waals surface area contributed by atoms with Gasteiger partial charge in [0.25, 0.3) is 15.9 Å². The fraction of sp³-hybridized carbons (Fsp3) is 0.417. The number of carbonyl (C=O) groups excluding carboxylic acids is 2. The lowest BCUT2D eigenvalue weighted by Crippen LogP contribution is -2.43. The molecule has 0 aromatic heterocycles. The Labute approximate surface area is 189 Å². The van der Waals surface area contributed by atoms with E-state index in [0.717, 1.165) is 5.56 Å². The summed E-state index contributed by atoms with van der Waals surface area (Å²) < 4.78 is 33.6. The van der Waals surface area contributed by atoms with Crippen molar-refractivity contribution >= 4 is 27.6 Å². The third-order valence-electron chi connectivity index (χ3n) is 6.11. The molecule has 0 aliphatic carbocycles. The fourth-order valence-electron chi connectivity index (χ4n) is 4.60. The molecule has 7 nitrogen and oxygen atoms in total. The van der Waals surface area contributed by atoms with Crippen LogP contribution in [0.2, 0.25) is 0 Å². The number of ether oxygens (including phenoxy) is 1. The zero-order valence-electron chi connectivity index (χ0n) is 18.4. The van der Waals surface area contributed by atoms with Gasteiger partial charge in [-0.25, -0.2) is 8.42 Å². The number of fused-ring (bicyclic) bond motifs is 1. The van der Waals surface area contributed by atoms with Crippen molar-refractivity contribution in [1.82, 2.24) is 4.90 Å². The maximum atomic E-state index is 13.5. The first-order valence-corrected chi connectivity index (χ1v) is 12.4. The minimum absolute atomic E-state index is 0.0888. The van der Waals surface area contributed by atoms with Crippen molar-refractivity contribution in [3.05, 3.63) is 59.7 Å². The van der Waals surface area contributed by atoms with Crippen LogP contribution in [0.15, 0.2) is 53.4 Å². The minimum atomic E-state index is -3.83. The number of amides is 1. The van der Waals surface area contributed by atoms with Crippen molar-refractivity contribution in [2.75, 3.05) is 24.0 Å². The molecule has 1 saturated heterocycles. The molecule has 0 N–H and O–H groups in total. The number of hydrogen-bond donors (Lipinski definition) is 0. The summed E-state index contributed by atoms with van der Waals surface area (Å²) >= 11 is 0. The van der Waals surface area contributed by atoms with E-state index < -0.39 is 10.0 Å². The number of para-hydroxylation sites is 1.